The fourth-order valence-electron chi connectivity index (χ4n) is 4.15. The van der Waals surface area contributed by atoms with Gasteiger partial charge in [0.15, 0.2) is 5.82 Å². The predicted octanol–water partition coefficient (Wildman–Crippen LogP) is 2.71. The van der Waals surface area contributed by atoms with E-state index in [2.05, 4.69) is 19.9 Å². The van der Waals surface area contributed by atoms with Crippen molar-refractivity contribution in [2.45, 2.75) is 57.1 Å². The molecule has 5 rings (SSSR count). The molecule has 0 spiro atoms. The predicted molar refractivity (Wildman–Crippen MR) is 106 cm³/mol. The van der Waals surface area contributed by atoms with Crippen molar-refractivity contribution in [3.8, 4) is 5.75 Å². The Labute approximate surface area is 164 Å². The normalized spacial score (nSPS) is 21.7. The summed E-state index contributed by atoms with van der Waals surface area (Å²) in [6.07, 6.45) is 9.62. The average Bonchev–Trinajstić information content (AvgIpc) is 3.50. The zero-order chi connectivity index (χ0) is 19.3. The van der Waals surface area contributed by atoms with E-state index in [-0.39, 0.29) is 11.9 Å². The lowest BCUT2D eigenvalue weighted by Gasteiger charge is -2.37. The molecular formula is C21H25N5O2. The maximum absolute atomic E-state index is 13.1. The number of amides is 1. The number of pyridine rings is 1. The van der Waals surface area contributed by atoms with E-state index >= 15 is 0 Å². The third-order valence-corrected chi connectivity index (χ3v) is 5.95. The molecule has 3 aliphatic rings. The molecule has 1 saturated heterocycles. The van der Waals surface area contributed by atoms with Crippen molar-refractivity contribution in [1.82, 2.24) is 15.0 Å². The number of carbonyl (C=O) groups excluding carboxylic acids is 1. The summed E-state index contributed by atoms with van der Waals surface area (Å²) in [5.74, 6) is 2.65. The smallest absolute Gasteiger partial charge is 0.240 e. The van der Waals surface area contributed by atoms with E-state index in [0.29, 0.717) is 6.10 Å². The van der Waals surface area contributed by atoms with Gasteiger partial charge in [-0.15, -0.1) is 0 Å². The zero-order valence-corrected chi connectivity index (χ0v) is 16.3. The van der Waals surface area contributed by atoms with Gasteiger partial charge in [0.05, 0.1) is 23.4 Å². The second-order valence-corrected chi connectivity index (χ2v) is 8.42. The van der Waals surface area contributed by atoms with Crippen molar-refractivity contribution in [3.05, 3.63) is 36.4 Å². The lowest BCUT2D eigenvalue weighted by Crippen LogP contribution is -2.49. The summed E-state index contributed by atoms with van der Waals surface area (Å²) in [6, 6.07) is 4.19. The molecule has 0 radical (unpaired) electrons. The van der Waals surface area contributed by atoms with Crippen LogP contribution < -0.4 is 14.5 Å². The SMILES string of the molecule is CC1(C)C(=O)N(C2CCN(c3ccc(OC4CC4)cn3)CC2)c2nccnc21. The van der Waals surface area contributed by atoms with Gasteiger partial charge >= 0.3 is 0 Å². The van der Waals surface area contributed by atoms with E-state index < -0.39 is 5.41 Å². The molecule has 2 fully saturated rings. The quantitative estimate of drug-likeness (QED) is 0.813. The number of hydrogen-bond acceptors (Lipinski definition) is 6. The lowest BCUT2D eigenvalue weighted by molar-refractivity contribution is -0.122. The van der Waals surface area contributed by atoms with Gasteiger partial charge in [0.25, 0.3) is 0 Å². The minimum absolute atomic E-state index is 0.104. The Morgan fingerprint density at radius 1 is 1.04 bits per heavy atom. The van der Waals surface area contributed by atoms with Crippen LogP contribution >= 0.6 is 0 Å². The molecule has 4 heterocycles. The average molecular weight is 379 g/mol. The van der Waals surface area contributed by atoms with E-state index in [1.165, 1.54) is 0 Å². The molecule has 0 N–H and O–H groups in total. The first kappa shape index (κ1) is 17.4. The highest BCUT2D eigenvalue weighted by molar-refractivity contribution is 6.06. The number of piperidine rings is 1. The highest BCUT2D eigenvalue weighted by atomic mass is 16.5. The van der Waals surface area contributed by atoms with Crippen molar-refractivity contribution in [3.63, 3.8) is 0 Å². The zero-order valence-electron chi connectivity index (χ0n) is 16.3. The molecule has 146 valence electrons. The number of anilines is 2. The van der Waals surface area contributed by atoms with Crippen molar-refractivity contribution < 1.29 is 9.53 Å². The topological polar surface area (TPSA) is 71.5 Å². The van der Waals surface area contributed by atoms with Crippen molar-refractivity contribution in [2.75, 3.05) is 22.9 Å². The second-order valence-electron chi connectivity index (χ2n) is 8.42. The van der Waals surface area contributed by atoms with E-state index in [4.69, 9.17) is 4.74 Å². The molecule has 1 amide bonds. The lowest BCUT2D eigenvalue weighted by atomic mass is 9.90. The third kappa shape index (κ3) is 2.89. The van der Waals surface area contributed by atoms with Crippen LogP contribution in [0, 0.1) is 0 Å². The minimum Gasteiger partial charge on any atom is -0.489 e. The van der Waals surface area contributed by atoms with Gasteiger partial charge in [-0.2, -0.15) is 0 Å². The Hall–Kier alpha value is -2.70. The molecule has 28 heavy (non-hydrogen) atoms. The fraction of sp³-hybridized carbons (Fsp3) is 0.524. The van der Waals surface area contributed by atoms with Crippen LogP contribution in [0.1, 0.15) is 45.2 Å². The molecule has 2 aromatic heterocycles. The monoisotopic (exact) mass is 379 g/mol. The molecule has 2 aromatic rings. The maximum atomic E-state index is 13.1. The molecule has 7 nitrogen and oxygen atoms in total. The van der Waals surface area contributed by atoms with Gasteiger partial charge in [-0.1, -0.05) is 0 Å². The van der Waals surface area contributed by atoms with Crippen LogP contribution in [0.5, 0.6) is 5.75 Å². The Morgan fingerprint density at radius 2 is 1.79 bits per heavy atom. The molecule has 1 saturated carbocycles. The third-order valence-electron chi connectivity index (χ3n) is 5.95. The van der Waals surface area contributed by atoms with Crippen molar-refractivity contribution in [1.29, 1.82) is 0 Å². The first-order chi connectivity index (χ1) is 13.5. The van der Waals surface area contributed by atoms with E-state index in [1.807, 2.05) is 37.1 Å². The van der Waals surface area contributed by atoms with Gasteiger partial charge in [-0.05, 0) is 51.7 Å². The number of aromatic nitrogens is 3. The fourth-order valence-corrected chi connectivity index (χ4v) is 4.15. The molecule has 7 heteroatoms. The van der Waals surface area contributed by atoms with Gasteiger partial charge in [0, 0.05) is 31.5 Å². The van der Waals surface area contributed by atoms with E-state index in [9.17, 15) is 4.79 Å². The number of carbonyl (C=O) groups is 1. The summed E-state index contributed by atoms with van der Waals surface area (Å²) in [6.45, 7) is 5.60. The Kier molecular flexibility index (Phi) is 4.00. The highest BCUT2D eigenvalue weighted by Gasteiger charge is 2.49. The summed E-state index contributed by atoms with van der Waals surface area (Å²) in [7, 11) is 0. The summed E-state index contributed by atoms with van der Waals surface area (Å²) in [4.78, 5) is 30.7. The number of ether oxygens (including phenoxy) is 1. The minimum atomic E-state index is -0.611. The Bertz CT molecular complexity index is 886. The summed E-state index contributed by atoms with van der Waals surface area (Å²) < 4.78 is 5.78. The molecule has 0 bridgehead atoms. The number of nitrogens with zero attached hydrogens (tertiary/aromatic N) is 5. The van der Waals surface area contributed by atoms with Gasteiger partial charge < -0.3 is 9.64 Å². The van der Waals surface area contributed by atoms with Gasteiger partial charge in [0.1, 0.15) is 11.6 Å². The van der Waals surface area contributed by atoms with Crippen molar-refractivity contribution >= 4 is 17.5 Å². The molecule has 1 aliphatic carbocycles. The maximum Gasteiger partial charge on any atom is 0.240 e. The van der Waals surface area contributed by atoms with Crippen LogP contribution in [0.25, 0.3) is 0 Å². The highest BCUT2D eigenvalue weighted by Crippen LogP contribution is 2.41. The molecule has 2 aliphatic heterocycles. The van der Waals surface area contributed by atoms with Gasteiger partial charge in [-0.25, -0.2) is 9.97 Å². The van der Waals surface area contributed by atoms with Crippen LogP contribution in [-0.4, -0.2) is 46.1 Å². The van der Waals surface area contributed by atoms with Crippen molar-refractivity contribution in [2.24, 2.45) is 0 Å². The summed E-state index contributed by atoms with van der Waals surface area (Å²) in [5.41, 5.74) is 0.176. The van der Waals surface area contributed by atoms with Crippen LogP contribution in [0.15, 0.2) is 30.7 Å². The van der Waals surface area contributed by atoms with Crippen LogP contribution in [0.4, 0.5) is 11.6 Å². The van der Waals surface area contributed by atoms with Crippen LogP contribution in [-0.2, 0) is 10.2 Å². The number of rotatable bonds is 4. The van der Waals surface area contributed by atoms with E-state index in [1.54, 1.807) is 12.4 Å². The Morgan fingerprint density at radius 3 is 2.46 bits per heavy atom. The van der Waals surface area contributed by atoms with Gasteiger partial charge in [-0.3, -0.25) is 14.7 Å². The van der Waals surface area contributed by atoms with Crippen LogP contribution in [0.2, 0.25) is 0 Å². The largest absolute Gasteiger partial charge is 0.489 e. The second kappa shape index (κ2) is 6.43. The van der Waals surface area contributed by atoms with E-state index in [0.717, 1.165) is 61.9 Å². The first-order valence-electron chi connectivity index (χ1n) is 10.1. The molecular weight excluding hydrogens is 354 g/mol. The summed E-state index contributed by atoms with van der Waals surface area (Å²) >= 11 is 0. The standard InChI is InChI=1S/C21H25N5O2/c1-21(2)18-19(23-10-9-22-18)26(20(21)27)14-7-11-25(12-8-14)17-6-5-16(13-24-17)28-15-3-4-15/h5-6,9-10,13-15H,3-4,7-8,11-12H2,1-2H3. The summed E-state index contributed by atoms with van der Waals surface area (Å²) in [5, 5.41) is 0. The van der Waals surface area contributed by atoms with Crippen LogP contribution in [0.3, 0.4) is 0 Å². The number of hydrogen-bond donors (Lipinski definition) is 0. The first-order valence-corrected chi connectivity index (χ1v) is 10.1. The number of fused-ring (bicyclic) bond motifs is 1. The molecule has 0 unspecified atom stereocenters. The molecule has 0 aromatic carbocycles. The molecule has 0 atom stereocenters. The van der Waals surface area contributed by atoms with Gasteiger partial charge in [0.2, 0.25) is 5.91 Å². The Balaban J connectivity index is 1.28.